The third-order valence-electron chi connectivity index (χ3n) is 2.89. The molecule has 0 aromatic heterocycles. The third kappa shape index (κ3) is 4.02. The fraction of sp³-hybridized carbons (Fsp3) is 0.200. The van der Waals surface area contributed by atoms with E-state index in [1.807, 2.05) is 19.2 Å². The van der Waals surface area contributed by atoms with Crippen LogP contribution in [0.3, 0.4) is 0 Å². The van der Waals surface area contributed by atoms with Gasteiger partial charge < -0.3 is 10.1 Å². The summed E-state index contributed by atoms with van der Waals surface area (Å²) in [5, 5.41) is 3.04. The van der Waals surface area contributed by atoms with Crippen LogP contribution in [0.5, 0.6) is 5.75 Å². The minimum atomic E-state index is -0.641. The number of halogens is 4. The van der Waals surface area contributed by atoms with Crippen molar-refractivity contribution in [1.29, 1.82) is 0 Å². The molecule has 0 fully saturated rings. The van der Waals surface area contributed by atoms with Crippen molar-refractivity contribution in [2.45, 2.75) is 13.2 Å². The Hall–Kier alpha value is -0.980. The van der Waals surface area contributed by atoms with Crippen molar-refractivity contribution in [1.82, 2.24) is 5.32 Å². The lowest BCUT2D eigenvalue weighted by atomic mass is 10.2. The number of ether oxygens (including phenoxy) is 1. The Balaban J connectivity index is 2.15. The van der Waals surface area contributed by atoms with Crippen molar-refractivity contribution in [2.75, 3.05) is 7.05 Å². The molecule has 0 aliphatic rings. The number of benzene rings is 2. The van der Waals surface area contributed by atoms with E-state index in [4.69, 9.17) is 4.74 Å². The monoisotopic (exact) mass is 419 g/mol. The van der Waals surface area contributed by atoms with E-state index in [-0.39, 0.29) is 16.6 Å². The molecule has 0 amide bonds. The molecule has 0 saturated carbocycles. The lowest BCUT2D eigenvalue weighted by molar-refractivity contribution is 0.290. The summed E-state index contributed by atoms with van der Waals surface area (Å²) in [4.78, 5) is 0. The molecule has 2 rings (SSSR count). The second-order valence-corrected chi connectivity index (χ2v) is 6.11. The SMILES string of the molecule is CNCc1ccc(OCc2c(F)ccc(Br)c2F)c(Br)c1. The molecule has 1 N–H and O–H groups in total. The van der Waals surface area contributed by atoms with Gasteiger partial charge in [-0.1, -0.05) is 6.07 Å². The Morgan fingerprint density at radius 2 is 1.86 bits per heavy atom. The van der Waals surface area contributed by atoms with E-state index in [1.165, 1.54) is 12.1 Å². The Morgan fingerprint density at radius 3 is 2.52 bits per heavy atom. The van der Waals surface area contributed by atoms with E-state index >= 15 is 0 Å². The zero-order valence-corrected chi connectivity index (χ0v) is 14.4. The first-order valence-corrected chi connectivity index (χ1v) is 7.79. The maximum Gasteiger partial charge on any atom is 0.146 e. The van der Waals surface area contributed by atoms with Crippen LogP contribution in [0.2, 0.25) is 0 Å². The Kier molecular flexibility index (Phi) is 5.72. The maximum absolute atomic E-state index is 13.8. The van der Waals surface area contributed by atoms with Crippen LogP contribution in [-0.4, -0.2) is 7.05 Å². The minimum Gasteiger partial charge on any atom is -0.488 e. The summed E-state index contributed by atoms with van der Waals surface area (Å²) in [5.41, 5.74) is 0.979. The van der Waals surface area contributed by atoms with Gasteiger partial charge in [-0.05, 0) is 68.7 Å². The van der Waals surface area contributed by atoms with Gasteiger partial charge in [-0.25, -0.2) is 8.78 Å². The van der Waals surface area contributed by atoms with Crippen molar-refractivity contribution < 1.29 is 13.5 Å². The van der Waals surface area contributed by atoms with Gasteiger partial charge in [0.1, 0.15) is 24.0 Å². The van der Waals surface area contributed by atoms with Crippen molar-refractivity contribution in [3.63, 3.8) is 0 Å². The smallest absolute Gasteiger partial charge is 0.146 e. The fourth-order valence-corrected chi connectivity index (χ4v) is 2.74. The largest absolute Gasteiger partial charge is 0.488 e. The molecule has 0 aliphatic heterocycles. The van der Waals surface area contributed by atoms with E-state index in [0.717, 1.165) is 16.6 Å². The molecule has 2 aromatic carbocycles. The summed E-state index contributed by atoms with van der Waals surface area (Å²) in [7, 11) is 1.86. The van der Waals surface area contributed by atoms with Crippen LogP contribution in [0.25, 0.3) is 0 Å². The summed E-state index contributed by atoms with van der Waals surface area (Å²) in [6, 6.07) is 8.10. The number of hydrogen-bond donors (Lipinski definition) is 1. The van der Waals surface area contributed by atoms with Crippen molar-refractivity contribution in [3.05, 3.63) is 62.0 Å². The molecule has 21 heavy (non-hydrogen) atoms. The standard InChI is InChI=1S/C15H13Br2F2NO/c1-20-7-9-2-5-14(12(17)6-9)21-8-10-13(18)4-3-11(16)15(10)19/h2-6,20H,7-8H2,1H3. The predicted octanol–water partition coefficient (Wildman–Crippen LogP) is 4.79. The van der Waals surface area contributed by atoms with Crippen molar-refractivity contribution in [3.8, 4) is 5.75 Å². The molecule has 0 spiro atoms. The van der Waals surface area contributed by atoms with Gasteiger partial charge in [-0.15, -0.1) is 0 Å². The maximum atomic E-state index is 13.8. The molecular formula is C15H13Br2F2NO. The Morgan fingerprint density at radius 1 is 1.10 bits per heavy atom. The Bertz CT molecular complexity index is 650. The van der Waals surface area contributed by atoms with Gasteiger partial charge in [-0.3, -0.25) is 0 Å². The van der Waals surface area contributed by atoms with Gasteiger partial charge in [0.25, 0.3) is 0 Å². The quantitative estimate of drug-likeness (QED) is 0.702. The van der Waals surface area contributed by atoms with Crippen LogP contribution in [0.15, 0.2) is 39.3 Å². The topological polar surface area (TPSA) is 21.3 Å². The highest BCUT2D eigenvalue weighted by molar-refractivity contribution is 9.10. The molecule has 2 aromatic rings. The van der Waals surface area contributed by atoms with Crippen LogP contribution in [0.4, 0.5) is 8.78 Å². The molecule has 0 bridgehead atoms. The van der Waals surface area contributed by atoms with Crippen LogP contribution in [-0.2, 0) is 13.2 Å². The Labute approximate surface area is 138 Å². The molecule has 0 unspecified atom stereocenters. The lowest BCUT2D eigenvalue weighted by Gasteiger charge is -2.11. The summed E-state index contributed by atoms with van der Waals surface area (Å²) in [6.45, 7) is 0.550. The number of hydrogen-bond acceptors (Lipinski definition) is 2. The first kappa shape index (κ1) is 16.4. The van der Waals surface area contributed by atoms with E-state index in [0.29, 0.717) is 5.75 Å². The van der Waals surface area contributed by atoms with Gasteiger partial charge in [0.05, 0.1) is 14.5 Å². The van der Waals surface area contributed by atoms with Crippen LogP contribution < -0.4 is 10.1 Å². The van der Waals surface area contributed by atoms with Crippen molar-refractivity contribution in [2.24, 2.45) is 0 Å². The minimum absolute atomic E-state index is 0.101. The molecule has 112 valence electrons. The van der Waals surface area contributed by atoms with E-state index < -0.39 is 11.6 Å². The zero-order chi connectivity index (χ0) is 15.4. The van der Waals surface area contributed by atoms with E-state index in [9.17, 15) is 8.78 Å². The summed E-state index contributed by atoms with van der Waals surface area (Å²) in [6.07, 6.45) is 0. The highest BCUT2D eigenvalue weighted by atomic mass is 79.9. The second kappa shape index (κ2) is 7.33. The number of nitrogens with one attached hydrogen (secondary N) is 1. The molecule has 0 saturated heterocycles. The molecule has 6 heteroatoms. The highest BCUT2D eigenvalue weighted by Crippen LogP contribution is 2.28. The summed E-state index contributed by atoms with van der Waals surface area (Å²) in [5.74, 6) is -0.731. The first-order chi connectivity index (χ1) is 10.0. The molecular weight excluding hydrogens is 408 g/mol. The van der Waals surface area contributed by atoms with Gasteiger partial charge >= 0.3 is 0 Å². The normalized spacial score (nSPS) is 10.7. The fourth-order valence-electron chi connectivity index (χ4n) is 1.83. The van der Waals surface area contributed by atoms with E-state index in [1.54, 1.807) is 6.07 Å². The van der Waals surface area contributed by atoms with E-state index in [2.05, 4.69) is 37.2 Å². The molecule has 0 atom stereocenters. The van der Waals surface area contributed by atoms with Crippen LogP contribution >= 0.6 is 31.9 Å². The number of rotatable bonds is 5. The average Bonchev–Trinajstić information content (AvgIpc) is 2.45. The van der Waals surface area contributed by atoms with Gasteiger partial charge in [0.2, 0.25) is 0 Å². The summed E-state index contributed by atoms with van der Waals surface area (Å²) < 4.78 is 33.9. The average molecular weight is 421 g/mol. The third-order valence-corrected chi connectivity index (χ3v) is 4.12. The molecule has 0 aliphatic carbocycles. The highest BCUT2D eigenvalue weighted by Gasteiger charge is 2.13. The van der Waals surface area contributed by atoms with Gasteiger partial charge in [-0.2, -0.15) is 0 Å². The van der Waals surface area contributed by atoms with Crippen molar-refractivity contribution >= 4 is 31.9 Å². The first-order valence-electron chi connectivity index (χ1n) is 6.21. The van der Waals surface area contributed by atoms with Gasteiger partial charge in [0.15, 0.2) is 0 Å². The molecule has 0 radical (unpaired) electrons. The van der Waals surface area contributed by atoms with Crippen LogP contribution in [0.1, 0.15) is 11.1 Å². The molecule has 2 nitrogen and oxygen atoms in total. The lowest BCUT2D eigenvalue weighted by Crippen LogP contribution is -2.06. The van der Waals surface area contributed by atoms with Gasteiger partial charge in [0, 0.05) is 6.54 Å². The van der Waals surface area contributed by atoms with Crippen LogP contribution in [0, 0.1) is 11.6 Å². The second-order valence-electron chi connectivity index (χ2n) is 4.41. The predicted molar refractivity (Wildman–Crippen MR) is 85.3 cm³/mol. The summed E-state index contributed by atoms with van der Waals surface area (Å²) >= 11 is 6.43. The zero-order valence-electron chi connectivity index (χ0n) is 11.2. The molecule has 0 heterocycles.